The lowest BCUT2D eigenvalue weighted by molar-refractivity contribution is -0.154. The number of carbonyl (C=O) groups excluding carboxylic acids is 1. The van der Waals surface area contributed by atoms with Gasteiger partial charge in [-0.3, -0.25) is 4.79 Å². The van der Waals surface area contributed by atoms with Crippen LogP contribution in [-0.2, 0) is 9.53 Å². The summed E-state index contributed by atoms with van der Waals surface area (Å²) in [5, 5.41) is 3.22. The molecule has 1 aliphatic rings. The van der Waals surface area contributed by atoms with Crippen LogP contribution >= 0.6 is 12.6 Å². The lowest BCUT2D eigenvalue weighted by atomic mass is 9.88. The molecule has 1 rings (SSSR count). The number of nitrogens with one attached hydrogen (secondary N) is 1. The Morgan fingerprint density at radius 3 is 2.86 bits per heavy atom. The van der Waals surface area contributed by atoms with Gasteiger partial charge in [-0.15, -0.1) is 0 Å². The maximum atomic E-state index is 11.2. The smallest absolute Gasteiger partial charge is 0.316 e. The summed E-state index contributed by atoms with van der Waals surface area (Å²) < 4.78 is 5.41. The summed E-state index contributed by atoms with van der Waals surface area (Å²) in [5.74, 6) is -0.158. The molecule has 1 aliphatic heterocycles. The van der Waals surface area contributed by atoms with Crippen molar-refractivity contribution in [3.05, 3.63) is 12.2 Å². The van der Waals surface area contributed by atoms with Crippen LogP contribution in [0.25, 0.3) is 0 Å². The second-order valence-electron chi connectivity index (χ2n) is 3.69. The first-order valence-electron chi connectivity index (χ1n) is 4.80. The molecule has 1 saturated heterocycles. The molecule has 4 heteroatoms. The predicted octanol–water partition coefficient (Wildman–Crippen LogP) is 1.16. The van der Waals surface area contributed by atoms with Crippen LogP contribution in [0.1, 0.15) is 19.8 Å². The van der Waals surface area contributed by atoms with E-state index in [1.807, 2.05) is 6.92 Å². The monoisotopic (exact) mass is 215 g/mol. The molecule has 0 radical (unpaired) electrons. The van der Waals surface area contributed by atoms with Gasteiger partial charge < -0.3 is 10.1 Å². The van der Waals surface area contributed by atoms with Crippen molar-refractivity contribution >= 4 is 18.6 Å². The molecule has 14 heavy (non-hydrogen) atoms. The summed E-state index contributed by atoms with van der Waals surface area (Å²) in [4.78, 5) is 11.2. The van der Waals surface area contributed by atoms with Crippen LogP contribution in [0.2, 0.25) is 0 Å². The molecule has 1 heterocycles. The van der Waals surface area contributed by atoms with E-state index in [-0.39, 0.29) is 11.7 Å². The third kappa shape index (κ3) is 2.51. The van der Waals surface area contributed by atoms with Crippen LogP contribution < -0.4 is 5.32 Å². The summed E-state index contributed by atoms with van der Waals surface area (Å²) in [6.07, 6.45) is 1.86. The number of ether oxygens (including phenoxy) is 1. The molecule has 0 amide bonds. The maximum Gasteiger partial charge on any atom is 0.316 e. The number of thiol groups is 1. The van der Waals surface area contributed by atoms with E-state index in [1.165, 1.54) is 0 Å². The molecule has 1 atom stereocenters. The van der Waals surface area contributed by atoms with Gasteiger partial charge in [0, 0.05) is 6.54 Å². The second-order valence-corrected chi connectivity index (χ2v) is 4.00. The molecule has 80 valence electrons. The Hall–Kier alpha value is -0.480. The van der Waals surface area contributed by atoms with Crippen LogP contribution in [0.4, 0.5) is 0 Å². The first kappa shape index (κ1) is 11.6. The van der Waals surface area contributed by atoms with Crippen LogP contribution in [0.15, 0.2) is 12.2 Å². The highest BCUT2D eigenvalue weighted by Gasteiger charge is 2.36. The van der Waals surface area contributed by atoms with E-state index < -0.39 is 5.60 Å². The van der Waals surface area contributed by atoms with Crippen molar-refractivity contribution in [2.24, 2.45) is 0 Å². The van der Waals surface area contributed by atoms with Gasteiger partial charge in [-0.2, -0.15) is 12.6 Å². The van der Waals surface area contributed by atoms with E-state index in [1.54, 1.807) is 0 Å². The summed E-state index contributed by atoms with van der Waals surface area (Å²) in [7, 11) is 0. The van der Waals surface area contributed by atoms with Gasteiger partial charge in [0.15, 0.2) is 0 Å². The van der Waals surface area contributed by atoms with Crippen molar-refractivity contribution in [3.63, 3.8) is 0 Å². The van der Waals surface area contributed by atoms with Gasteiger partial charge >= 0.3 is 5.97 Å². The Labute approximate surface area is 90.3 Å². The van der Waals surface area contributed by atoms with Crippen molar-refractivity contribution < 1.29 is 9.53 Å². The molecule has 0 spiro atoms. The van der Waals surface area contributed by atoms with Gasteiger partial charge in [-0.25, -0.2) is 0 Å². The molecule has 3 nitrogen and oxygen atoms in total. The summed E-state index contributed by atoms with van der Waals surface area (Å²) in [5.41, 5.74) is 0.401. The Morgan fingerprint density at radius 2 is 2.43 bits per heavy atom. The highest BCUT2D eigenvalue weighted by molar-refractivity contribution is 7.81. The topological polar surface area (TPSA) is 38.3 Å². The zero-order chi connectivity index (χ0) is 10.6. The average Bonchev–Trinajstić information content (AvgIpc) is 2.19. The highest BCUT2D eigenvalue weighted by atomic mass is 32.1. The van der Waals surface area contributed by atoms with Gasteiger partial charge in [-0.05, 0) is 31.9 Å². The number of hydrogen-bond acceptors (Lipinski definition) is 4. The Kier molecular flexibility index (Phi) is 4.01. The first-order chi connectivity index (χ1) is 6.60. The summed E-state index contributed by atoms with van der Waals surface area (Å²) in [6.45, 7) is 7.45. The molecular weight excluding hydrogens is 198 g/mol. The SMILES string of the molecule is C=C(C)C1(OC(=O)CS)CCCNC1. The number of hydrogen-bond donors (Lipinski definition) is 2. The number of piperidine rings is 1. The van der Waals surface area contributed by atoms with Gasteiger partial charge in [0.25, 0.3) is 0 Å². The number of rotatable bonds is 3. The first-order valence-corrected chi connectivity index (χ1v) is 5.43. The Bertz CT molecular complexity index is 234. The van der Waals surface area contributed by atoms with Gasteiger partial charge in [-0.1, -0.05) is 6.58 Å². The predicted molar refractivity (Wildman–Crippen MR) is 59.6 cm³/mol. The Balaban J connectivity index is 2.70. The molecule has 0 aromatic carbocycles. The minimum atomic E-state index is -0.502. The van der Waals surface area contributed by atoms with Crippen LogP contribution in [0.5, 0.6) is 0 Å². The van der Waals surface area contributed by atoms with Crippen molar-refractivity contribution in [1.29, 1.82) is 0 Å². The fraction of sp³-hybridized carbons (Fsp3) is 0.700. The van der Waals surface area contributed by atoms with Gasteiger partial charge in [0.1, 0.15) is 5.60 Å². The number of esters is 1. The Morgan fingerprint density at radius 1 is 1.71 bits per heavy atom. The standard InChI is InChI=1S/C10H17NO2S/c1-8(2)10(13-9(12)6-14)4-3-5-11-7-10/h11,14H,1,3-7H2,2H3. The maximum absolute atomic E-state index is 11.2. The van der Waals surface area contributed by atoms with Crippen LogP contribution in [0, 0.1) is 0 Å². The summed E-state index contributed by atoms with van der Waals surface area (Å²) in [6, 6.07) is 0. The van der Waals surface area contributed by atoms with E-state index >= 15 is 0 Å². The molecule has 1 unspecified atom stereocenters. The van der Waals surface area contributed by atoms with Crippen molar-refractivity contribution in [3.8, 4) is 0 Å². The molecule has 0 aliphatic carbocycles. The molecule has 1 N–H and O–H groups in total. The lowest BCUT2D eigenvalue weighted by Crippen LogP contribution is -2.49. The molecule has 0 saturated carbocycles. The van der Waals surface area contributed by atoms with E-state index in [2.05, 4.69) is 24.5 Å². The highest BCUT2D eigenvalue weighted by Crippen LogP contribution is 2.28. The fourth-order valence-corrected chi connectivity index (χ4v) is 1.73. The zero-order valence-corrected chi connectivity index (χ0v) is 9.40. The van der Waals surface area contributed by atoms with Crippen molar-refractivity contribution in [2.45, 2.75) is 25.4 Å². The van der Waals surface area contributed by atoms with E-state index in [4.69, 9.17) is 4.74 Å². The minimum Gasteiger partial charge on any atom is -0.453 e. The van der Waals surface area contributed by atoms with Crippen molar-refractivity contribution in [2.75, 3.05) is 18.8 Å². The third-order valence-electron chi connectivity index (χ3n) is 2.56. The van der Waals surface area contributed by atoms with Gasteiger partial charge in [0.2, 0.25) is 0 Å². The summed E-state index contributed by atoms with van der Waals surface area (Å²) >= 11 is 3.90. The second kappa shape index (κ2) is 4.84. The molecule has 0 bridgehead atoms. The fourth-order valence-electron chi connectivity index (χ4n) is 1.67. The lowest BCUT2D eigenvalue weighted by Gasteiger charge is -2.37. The number of carbonyl (C=O) groups is 1. The van der Waals surface area contributed by atoms with E-state index in [0.717, 1.165) is 25.0 Å². The van der Waals surface area contributed by atoms with Gasteiger partial charge in [0.05, 0.1) is 5.75 Å². The minimum absolute atomic E-state index is 0.120. The van der Waals surface area contributed by atoms with E-state index in [0.29, 0.717) is 6.54 Å². The largest absolute Gasteiger partial charge is 0.453 e. The zero-order valence-electron chi connectivity index (χ0n) is 8.51. The molecular formula is C10H17NO2S. The molecule has 0 aromatic heterocycles. The van der Waals surface area contributed by atoms with E-state index in [9.17, 15) is 4.79 Å². The quantitative estimate of drug-likeness (QED) is 0.421. The third-order valence-corrected chi connectivity index (χ3v) is 2.82. The normalized spacial score (nSPS) is 27.0. The van der Waals surface area contributed by atoms with Crippen LogP contribution in [0.3, 0.4) is 0 Å². The molecule has 0 aromatic rings. The average molecular weight is 215 g/mol. The van der Waals surface area contributed by atoms with Crippen LogP contribution in [-0.4, -0.2) is 30.4 Å². The molecule has 1 fully saturated rings. The van der Waals surface area contributed by atoms with Crippen molar-refractivity contribution in [1.82, 2.24) is 5.32 Å².